The van der Waals surface area contributed by atoms with Gasteiger partial charge >= 0.3 is 0 Å². The van der Waals surface area contributed by atoms with Crippen LogP contribution in [0.3, 0.4) is 0 Å². The van der Waals surface area contributed by atoms with E-state index in [0.717, 1.165) is 0 Å². The van der Waals surface area contributed by atoms with Gasteiger partial charge in [-0.05, 0) is 50.2 Å². The Labute approximate surface area is 164 Å². The number of carbonyl (C=O) groups excluding carboxylic acids is 1. The van der Waals surface area contributed by atoms with Crippen molar-refractivity contribution in [3.05, 3.63) is 59.7 Å². The van der Waals surface area contributed by atoms with Gasteiger partial charge in [0.2, 0.25) is 10.0 Å². The second kappa shape index (κ2) is 8.10. The Kier molecular flexibility index (Phi) is 5.79. The van der Waals surface area contributed by atoms with Crippen LogP contribution in [-0.4, -0.2) is 43.9 Å². The van der Waals surface area contributed by atoms with Crippen LogP contribution in [0, 0.1) is 11.3 Å². The number of hydrogen-bond acceptors (Lipinski definition) is 5. The lowest BCUT2D eigenvalue weighted by molar-refractivity contribution is -0.0440. The molecule has 8 heteroatoms. The average molecular weight is 399 g/mol. The minimum absolute atomic E-state index is 0.128. The van der Waals surface area contributed by atoms with Crippen LogP contribution in [0.25, 0.3) is 0 Å². The number of ether oxygens (including phenoxy) is 1. The largest absolute Gasteiger partial charge is 0.373 e. The molecule has 0 saturated carbocycles. The van der Waals surface area contributed by atoms with E-state index in [4.69, 9.17) is 10.00 Å². The maximum absolute atomic E-state index is 12.9. The number of hydrogen-bond donors (Lipinski definition) is 1. The first-order valence-corrected chi connectivity index (χ1v) is 10.3. The van der Waals surface area contributed by atoms with E-state index >= 15 is 0 Å². The Morgan fingerprint density at radius 3 is 2.32 bits per heavy atom. The van der Waals surface area contributed by atoms with Gasteiger partial charge in [-0.15, -0.1) is 0 Å². The standard InChI is InChI=1S/C20H21N3O4S/c1-14-12-23(13-15(2)27-14)28(25,26)18-9-7-16(8-10-18)20(24)22-19-6-4-3-5-17(19)11-21/h3-10,14-15H,12-13H2,1-2H3,(H,22,24). The van der Waals surface area contributed by atoms with Crippen molar-refractivity contribution in [1.29, 1.82) is 5.26 Å². The number of morpholine rings is 1. The molecule has 0 radical (unpaired) electrons. The topological polar surface area (TPSA) is 99.5 Å². The molecule has 1 fully saturated rings. The molecule has 2 aromatic carbocycles. The molecule has 2 unspecified atom stereocenters. The number of benzene rings is 2. The first kappa shape index (κ1) is 20.0. The van der Waals surface area contributed by atoms with Crippen LogP contribution >= 0.6 is 0 Å². The smallest absolute Gasteiger partial charge is 0.255 e. The van der Waals surface area contributed by atoms with E-state index in [-0.39, 0.29) is 17.1 Å². The van der Waals surface area contributed by atoms with Crippen molar-refractivity contribution in [2.75, 3.05) is 18.4 Å². The minimum atomic E-state index is -3.66. The van der Waals surface area contributed by atoms with Crippen molar-refractivity contribution in [2.24, 2.45) is 0 Å². The van der Waals surface area contributed by atoms with Crippen LogP contribution in [0.5, 0.6) is 0 Å². The Morgan fingerprint density at radius 1 is 1.11 bits per heavy atom. The van der Waals surface area contributed by atoms with E-state index in [9.17, 15) is 13.2 Å². The number of nitrogens with zero attached hydrogens (tertiary/aromatic N) is 2. The van der Waals surface area contributed by atoms with Crippen molar-refractivity contribution in [3.8, 4) is 6.07 Å². The van der Waals surface area contributed by atoms with Crippen LogP contribution in [-0.2, 0) is 14.8 Å². The molecule has 7 nitrogen and oxygen atoms in total. The first-order chi connectivity index (χ1) is 13.3. The van der Waals surface area contributed by atoms with Gasteiger partial charge in [-0.2, -0.15) is 9.57 Å². The zero-order chi connectivity index (χ0) is 20.3. The van der Waals surface area contributed by atoms with Crippen LogP contribution in [0.1, 0.15) is 29.8 Å². The third kappa shape index (κ3) is 4.22. The summed E-state index contributed by atoms with van der Waals surface area (Å²) in [6.45, 7) is 4.26. The van der Waals surface area contributed by atoms with Gasteiger partial charge in [0.1, 0.15) is 6.07 Å². The number of rotatable bonds is 4. The second-order valence-corrected chi connectivity index (χ2v) is 8.65. The van der Waals surface area contributed by atoms with Gasteiger partial charge in [0.15, 0.2) is 0 Å². The van der Waals surface area contributed by atoms with Crippen molar-refractivity contribution in [2.45, 2.75) is 31.0 Å². The van der Waals surface area contributed by atoms with E-state index in [0.29, 0.717) is 29.9 Å². The molecule has 2 atom stereocenters. The summed E-state index contributed by atoms with van der Waals surface area (Å²) in [5.74, 6) is -0.416. The summed E-state index contributed by atoms with van der Waals surface area (Å²) in [4.78, 5) is 12.6. The van der Waals surface area contributed by atoms with Gasteiger partial charge in [0.05, 0.1) is 28.4 Å². The molecule has 3 rings (SSSR count). The molecule has 1 amide bonds. The minimum Gasteiger partial charge on any atom is -0.373 e. The zero-order valence-corrected chi connectivity index (χ0v) is 16.4. The third-order valence-corrected chi connectivity index (χ3v) is 6.28. The number of nitriles is 1. The Hall–Kier alpha value is -2.73. The van der Waals surface area contributed by atoms with E-state index in [1.54, 1.807) is 24.3 Å². The van der Waals surface area contributed by atoms with Crippen LogP contribution < -0.4 is 5.32 Å². The molecular formula is C20H21N3O4S. The van der Waals surface area contributed by atoms with Gasteiger partial charge < -0.3 is 10.1 Å². The number of para-hydroxylation sites is 1. The molecular weight excluding hydrogens is 378 g/mol. The van der Waals surface area contributed by atoms with Gasteiger partial charge in [-0.1, -0.05) is 12.1 Å². The van der Waals surface area contributed by atoms with E-state index in [1.807, 2.05) is 19.9 Å². The maximum atomic E-state index is 12.9. The SMILES string of the molecule is CC1CN(S(=O)(=O)c2ccc(C(=O)Nc3ccccc3C#N)cc2)CC(C)O1. The van der Waals surface area contributed by atoms with E-state index in [1.165, 1.54) is 28.6 Å². The highest BCUT2D eigenvalue weighted by Crippen LogP contribution is 2.22. The lowest BCUT2D eigenvalue weighted by Crippen LogP contribution is -2.48. The number of nitrogens with one attached hydrogen (secondary N) is 1. The molecule has 1 N–H and O–H groups in total. The summed E-state index contributed by atoms with van der Waals surface area (Å²) in [6.07, 6.45) is -0.354. The lowest BCUT2D eigenvalue weighted by Gasteiger charge is -2.34. The van der Waals surface area contributed by atoms with Gasteiger partial charge in [-0.25, -0.2) is 8.42 Å². The van der Waals surface area contributed by atoms with Crippen molar-refractivity contribution >= 4 is 21.6 Å². The second-order valence-electron chi connectivity index (χ2n) is 6.72. The number of sulfonamides is 1. The predicted molar refractivity (Wildman–Crippen MR) is 104 cm³/mol. The molecule has 0 aliphatic carbocycles. The molecule has 0 aromatic heterocycles. The molecule has 2 aromatic rings. The number of carbonyl (C=O) groups is 1. The number of amides is 1. The quantitative estimate of drug-likeness (QED) is 0.852. The summed E-state index contributed by atoms with van der Waals surface area (Å²) in [5.41, 5.74) is 1.06. The molecule has 1 aliphatic heterocycles. The Morgan fingerprint density at radius 2 is 1.71 bits per heavy atom. The third-order valence-electron chi connectivity index (χ3n) is 4.44. The monoisotopic (exact) mass is 399 g/mol. The van der Waals surface area contributed by atoms with Crippen molar-refractivity contribution in [3.63, 3.8) is 0 Å². The van der Waals surface area contributed by atoms with Crippen LogP contribution in [0.4, 0.5) is 5.69 Å². The molecule has 146 valence electrons. The molecule has 28 heavy (non-hydrogen) atoms. The van der Waals surface area contributed by atoms with E-state index in [2.05, 4.69) is 5.32 Å². The van der Waals surface area contributed by atoms with Crippen molar-refractivity contribution < 1.29 is 17.9 Å². The molecule has 0 spiro atoms. The van der Waals surface area contributed by atoms with E-state index < -0.39 is 15.9 Å². The first-order valence-electron chi connectivity index (χ1n) is 8.87. The molecule has 1 saturated heterocycles. The van der Waals surface area contributed by atoms with Gasteiger partial charge in [0, 0.05) is 18.7 Å². The summed E-state index contributed by atoms with van der Waals surface area (Å²) in [6, 6.07) is 14.5. The molecule has 1 aliphatic rings. The molecule has 0 bridgehead atoms. The fourth-order valence-corrected chi connectivity index (χ4v) is 4.73. The average Bonchev–Trinajstić information content (AvgIpc) is 2.67. The summed E-state index contributed by atoms with van der Waals surface area (Å²) in [5, 5.41) is 11.8. The fraction of sp³-hybridized carbons (Fsp3) is 0.300. The van der Waals surface area contributed by atoms with Crippen LogP contribution in [0.15, 0.2) is 53.4 Å². The Bertz CT molecular complexity index is 1000. The Balaban J connectivity index is 1.77. The highest BCUT2D eigenvalue weighted by Gasteiger charge is 2.32. The molecule has 1 heterocycles. The number of anilines is 1. The maximum Gasteiger partial charge on any atom is 0.255 e. The highest BCUT2D eigenvalue weighted by atomic mass is 32.2. The zero-order valence-electron chi connectivity index (χ0n) is 15.6. The fourth-order valence-electron chi connectivity index (χ4n) is 3.14. The summed E-state index contributed by atoms with van der Waals surface area (Å²) >= 11 is 0. The van der Waals surface area contributed by atoms with Crippen molar-refractivity contribution in [1.82, 2.24) is 4.31 Å². The normalized spacial score (nSPS) is 20.3. The summed E-state index contributed by atoms with van der Waals surface area (Å²) in [7, 11) is -3.66. The summed E-state index contributed by atoms with van der Waals surface area (Å²) < 4.78 is 32.7. The highest BCUT2D eigenvalue weighted by molar-refractivity contribution is 7.89. The van der Waals surface area contributed by atoms with Gasteiger partial charge in [-0.3, -0.25) is 4.79 Å². The van der Waals surface area contributed by atoms with Gasteiger partial charge in [0.25, 0.3) is 5.91 Å². The lowest BCUT2D eigenvalue weighted by atomic mass is 10.1. The predicted octanol–water partition coefficient (Wildman–Crippen LogP) is 2.61. The van der Waals surface area contributed by atoms with Crippen LogP contribution in [0.2, 0.25) is 0 Å².